The number of fused-ring (bicyclic) bond motifs is 2. The molecule has 2 aliphatic rings. The van der Waals surface area contributed by atoms with Gasteiger partial charge in [-0.3, -0.25) is 14.1 Å². The summed E-state index contributed by atoms with van der Waals surface area (Å²) >= 11 is 0. The molecule has 1 aromatic heterocycles. The van der Waals surface area contributed by atoms with E-state index in [0.717, 1.165) is 39.8 Å². The molecule has 3 N–H and O–H groups in total. The van der Waals surface area contributed by atoms with E-state index in [2.05, 4.69) is 15.0 Å². The molecule has 0 bridgehead atoms. The minimum atomic E-state index is -0.869. The van der Waals surface area contributed by atoms with Gasteiger partial charge in [-0.1, -0.05) is 0 Å². The van der Waals surface area contributed by atoms with Crippen molar-refractivity contribution in [1.29, 1.82) is 0 Å². The number of aromatic nitrogens is 2. The van der Waals surface area contributed by atoms with E-state index in [1.54, 1.807) is 12.1 Å². The van der Waals surface area contributed by atoms with Crippen LogP contribution in [0, 0.1) is 13.8 Å². The average Bonchev–Trinajstić information content (AvgIpc) is 3.34. The molecule has 0 unspecified atom stereocenters. The van der Waals surface area contributed by atoms with Crippen LogP contribution in [0.4, 0.5) is 5.69 Å². The third kappa shape index (κ3) is 2.55. The molecule has 2 amide bonds. The number of aryl methyl sites for hydroxylation is 2. The first-order valence-electron chi connectivity index (χ1n) is 9.44. The van der Waals surface area contributed by atoms with Gasteiger partial charge < -0.3 is 15.8 Å². The Morgan fingerprint density at radius 3 is 2.53 bits per heavy atom. The molecule has 1 spiro atoms. The highest BCUT2D eigenvalue weighted by atomic mass is 16.5. The minimum absolute atomic E-state index is 0.0517. The van der Waals surface area contributed by atoms with Crippen molar-refractivity contribution in [1.82, 2.24) is 9.72 Å². The van der Waals surface area contributed by atoms with Gasteiger partial charge in [-0.15, -0.1) is 0 Å². The van der Waals surface area contributed by atoms with Gasteiger partial charge in [0, 0.05) is 5.69 Å². The molecule has 9 nitrogen and oxygen atoms in total. The molecule has 1 aliphatic heterocycles. The second kappa shape index (κ2) is 6.06. The van der Waals surface area contributed by atoms with Crippen LogP contribution >= 0.6 is 0 Å². The minimum Gasteiger partial charge on any atom is -0.457 e. The lowest BCUT2D eigenvalue weighted by atomic mass is 9.98. The van der Waals surface area contributed by atoms with E-state index in [1.165, 1.54) is 0 Å². The van der Waals surface area contributed by atoms with Crippen molar-refractivity contribution in [2.75, 3.05) is 5.32 Å². The van der Waals surface area contributed by atoms with E-state index in [0.29, 0.717) is 17.2 Å². The second-order valence-electron chi connectivity index (χ2n) is 7.73. The molecular weight excluding hydrogens is 388 g/mol. The van der Waals surface area contributed by atoms with Gasteiger partial charge in [-0.2, -0.15) is 0 Å². The number of primary amides is 1. The fourth-order valence-electron chi connectivity index (χ4n) is 4.05. The molecule has 1 fully saturated rings. The topological polar surface area (TPSA) is 129 Å². The van der Waals surface area contributed by atoms with Crippen LogP contribution < -0.4 is 21.5 Å². The molecule has 2 heterocycles. The lowest BCUT2D eigenvalue weighted by Gasteiger charge is -2.15. The number of nitrogens with one attached hydrogen (secondary N) is 1. The first-order valence-corrected chi connectivity index (χ1v) is 9.44. The summed E-state index contributed by atoms with van der Waals surface area (Å²) in [5, 5.41) is 6.36. The largest absolute Gasteiger partial charge is 0.457 e. The number of hydrogen-bond donors (Lipinski definition) is 2. The summed E-state index contributed by atoms with van der Waals surface area (Å²) in [6, 6.07) is 8.94. The molecule has 0 radical (unpaired) electrons. The molecule has 9 heteroatoms. The van der Waals surface area contributed by atoms with Crippen LogP contribution in [0.5, 0.6) is 11.5 Å². The van der Waals surface area contributed by atoms with Gasteiger partial charge in [0.1, 0.15) is 11.5 Å². The highest BCUT2D eigenvalue weighted by Gasteiger charge is 2.56. The lowest BCUT2D eigenvalue weighted by molar-refractivity contribution is -0.117. The Morgan fingerprint density at radius 2 is 1.90 bits per heavy atom. The third-order valence-corrected chi connectivity index (χ3v) is 5.69. The highest BCUT2D eigenvalue weighted by molar-refractivity contribution is 6.08. The number of nitrogens with zero attached hydrogens (tertiary/aromatic N) is 2. The molecule has 5 rings (SSSR count). The van der Waals surface area contributed by atoms with Crippen molar-refractivity contribution >= 4 is 17.5 Å². The predicted octanol–water partition coefficient (Wildman–Crippen LogP) is 2.32. The van der Waals surface area contributed by atoms with E-state index < -0.39 is 17.1 Å². The number of hydrogen-bond acceptors (Lipinski definition) is 6. The zero-order valence-corrected chi connectivity index (χ0v) is 16.3. The Labute approximate surface area is 170 Å². The van der Waals surface area contributed by atoms with Crippen LogP contribution in [0.2, 0.25) is 0 Å². The van der Waals surface area contributed by atoms with Gasteiger partial charge >= 0.3 is 5.76 Å². The maximum atomic E-state index is 12.2. The fourth-order valence-corrected chi connectivity index (χ4v) is 4.05. The van der Waals surface area contributed by atoms with Gasteiger partial charge in [0.05, 0.1) is 11.1 Å². The van der Waals surface area contributed by atoms with Crippen molar-refractivity contribution in [3.63, 3.8) is 0 Å². The lowest BCUT2D eigenvalue weighted by Crippen LogP contribution is -2.22. The van der Waals surface area contributed by atoms with E-state index >= 15 is 0 Å². The number of ether oxygens (including phenoxy) is 1. The molecule has 2 aromatic carbocycles. The van der Waals surface area contributed by atoms with Crippen molar-refractivity contribution in [3.8, 4) is 17.2 Å². The van der Waals surface area contributed by atoms with Crippen LogP contribution in [0.25, 0.3) is 5.69 Å². The molecular formula is C21H18N4O5. The normalized spacial score (nSPS) is 15.7. The van der Waals surface area contributed by atoms with Gasteiger partial charge in [0.15, 0.2) is 0 Å². The fraction of sp³-hybridized carbons (Fsp3) is 0.238. The maximum absolute atomic E-state index is 12.2. The molecule has 0 atom stereocenters. The van der Waals surface area contributed by atoms with Crippen LogP contribution in [-0.2, 0) is 10.2 Å². The van der Waals surface area contributed by atoms with Crippen LogP contribution in [-0.4, -0.2) is 21.5 Å². The molecule has 0 saturated heterocycles. The number of carbonyl (C=O) groups excluding carboxylic acids is 2. The first kappa shape index (κ1) is 18.2. The van der Waals surface area contributed by atoms with Crippen molar-refractivity contribution in [2.45, 2.75) is 32.1 Å². The Morgan fingerprint density at radius 1 is 1.20 bits per heavy atom. The van der Waals surface area contributed by atoms with Crippen molar-refractivity contribution in [2.24, 2.45) is 5.73 Å². The molecule has 1 saturated carbocycles. The van der Waals surface area contributed by atoms with Crippen LogP contribution in [0.3, 0.4) is 0 Å². The van der Waals surface area contributed by atoms with E-state index in [1.807, 2.05) is 32.0 Å². The molecule has 152 valence electrons. The summed E-state index contributed by atoms with van der Waals surface area (Å²) in [6.45, 7) is 3.66. The Bertz CT molecular complexity index is 1280. The summed E-state index contributed by atoms with van der Waals surface area (Å²) in [5.74, 6) is -0.663. The predicted molar refractivity (Wildman–Crippen MR) is 106 cm³/mol. The smallest absolute Gasteiger partial charge is 0.446 e. The summed E-state index contributed by atoms with van der Waals surface area (Å²) in [6.07, 6.45) is 1.69. The summed E-state index contributed by atoms with van der Waals surface area (Å²) in [7, 11) is 0. The molecule has 1 aliphatic carbocycles. The van der Waals surface area contributed by atoms with Gasteiger partial charge in [-0.05, 0) is 78.9 Å². The number of carbonyl (C=O) groups is 2. The number of amides is 2. The maximum Gasteiger partial charge on any atom is 0.446 e. The highest BCUT2D eigenvalue weighted by Crippen LogP contribution is 2.56. The van der Waals surface area contributed by atoms with Crippen LogP contribution in [0.15, 0.2) is 39.6 Å². The summed E-state index contributed by atoms with van der Waals surface area (Å²) < 4.78 is 11.8. The zero-order chi connectivity index (χ0) is 21.2. The van der Waals surface area contributed by atoms with Crippen molar-refractivity contribution in [3.05, 3.63) is 63.4 Å². The van der Waals surface area contributed by atoms with Gasteiger partial charge in [-0.25, -0.2) is 9.36 Å². The number of anilines is 1. The Kier molecular flexibility index (Phi) is 3.67. The number of benzene rings is 2. The zero-order valence-electron chi connectivity index (χ0n) is 16.3. The number of nitrogens with two attached hydrogens (primary N) is 1. The average molecular weight is 406 g/mol. The van der Waals surface area contributed by atoms with Gasteiger partial charge in [0.25, 0.3) is 5.91 Å². The quantitative estimate of drug-likeness (QED) is 0.684. The van der Waals surface area contributed by atoms with Gasteiger partial charge in [0.2, 0.25) is 11.7 Å². The Hall–Kier alpha value is -3.88. The standard InChI is InChI=1S/C21H18N4O5/c1-10-7-12(25-18(17(22)26)24-30-20(25)28)8-11(2)16(10)29-13-3-4-15-14(9-13)21(5-6-21)19(27)23-15/h3-4,7-9H,5-6H2,1-2H3,(H2,22,26)(H,23,27). The first-order chi connectivity index (χ1) is 14.3. The SMILES string of the molecule is Cc1cc(-n2c(C(N)=O)noc2=O)cc(C)c1Oc1ccc2c(c1)C1(CC1)C(=O)N2. The summed E-state index contributed by atoms with van der Waals surface area (Å²) in [4.78, 5) is 35.8. The Balaban J connectivity index is 1.52. The molecule has 3 aromatic rings. The van der Waals surface area contributed by atoms with Crippen molar-refractivity contribution < 1.29 is 18.8 Å². The monoisotopic (exact) mass is 406 g/mol. The van der Waals surface area contributed by atoms with E-state index in [4.69, 9.17) is 10.5 Å². The van der Waals surface area contributed by atoms with Crippen LogP contribution in [0.1, 0.15) is 40.2 Å². The van der Waals surface area contributed by atoms with E-state index in [9.17, 15) is 14.4 Å². The summed E-state index contributed by atoms with van der Waals surface area (Å²) in [5.41, 5.74) is 8.57. The number of rotatable bonds is 4. The second-order valence-corrected chi connectivity index (χ2v) is 7.73. The third-order valence-electron chi connectivity index (χ3n) is 5.69. The molecule has 30 heavy (non-hydrogen) atoms. The van der Waals surface area contributed by atoms with E-state index in [-0.39, 0.29) is 11.7 Å².